The lowest BCUT2D eigenvalue weighted by atomic mass is 9.70. The molecular formula is C24H37NO6. The van der Waals surface area contributed by atoms with Gasteiger partial charge >= 0.3 is 11.9 Å². The van der Waals surface area contributed by atoms with Crippen LogP contribution in [0.25, 0.3) is 0 Å². The first-order chi connectivity index (χ1) is 14.1. The molecule has 3 N–H and O–H groups in total. The Morgan fingerprint density at radius 2 is 1.10 bits per heavy atom. The van der Waals surface area contributed by atoms with Crippen LogP contribution in [0.1, 0.15) is 67.2 Å². The van der Waals surface area contributed by atoms with Crippen LogP contribution in [0.2, 0.25) is 0 Å². The van der Waals surface area contributed by atoms with E-state index in [0.29, 0.717) is 23.4 Å². The molecule has 6 atom stereocenters. The van der Waals surface area contributed by atoms with Crippen LogP contribution in [0.5, 0.6) is 0 Å². The number of carbonyl (C=O) groups is 4. The van der Waals surface area contributed by atoms with Gasteiger partial charge in [-0.15, -0.1) is 0 Å². The summed E-state index contributed by atoms with van der Waals surface area (Å²) in [5, 5.41) is 18.4. The fraction of sp³-hybridized carbons (Fsp3) is 0.833. The van der Waals surface area contributed by atoms with Crippen LogP contribution in [0.4, 0.5) is 0 Å². The summed E-state index contributed by atoms with van der Waals surface area (Å²) in [6.07, 6.45) is 4.46. The number of fused-ring (bicyclic) bond motifs is 4. The highest BCUT2D eigenvalue weighted by Crippen LogP contribution is 2.66. The Morgan fingerprint density at radius 1 is 0.774 bits per heavy atom. The molecule has 0 spiro atoms. The highest BCUT2D eigenvalue weighted by Gasteiger charge is 2.67. The summed E-state index contributed by atoms with van der Waals surface area (Å²) in [5.41, 5.74) is -0.0360. The Kier molecular flexibility index (Phi) is 5.70. The molecule has 4 rings (SSSR count). The van der Waals surface area contributed by atoms with Crippen molar-refractivity contribution in [3.05, 3.63) is 0 Å². The van der Waals surface area contributed by atoms with Crippen molar-refractivity contribution < 1.29 is 29.4 Å². The number of aliphatic carboxylic acids is 2. The zero-order chi connectivity index (χ0) is 23.6. The molecule has 6 unspecified atom stereocenters. The molecule has 7 nitrogen and oxygen atoms in total. The smallest absolute Gasteiger partial charge is 0.414 e. The maximum atomic E-state index is 13.0. The van der Waals surface area contributed by atoms with Crippen LogP contribution in [0.3, 0.4) is 0 Å². The summed E-state index contributed by atoms with van der Waals surface area (Å²) in [7, 11) is 0. The third-order valence-electron chi connectivity index (χ3n) is 10.3. The van der Waals surface area contributed by atoms with E-state index in [4.69, 9.17) is 19.8 Å². The second-order valence-electron chi connectivity index (χ2n) is 11.6. The molecule has 0 saturated heterocycles. The first kappa shape index (κ1) is 23.9. The molecule has 174 valence electrons. The minimum absolute atomic E-state index is 0.119. The standard InChI is InChI=1S/C22H35NO2.C2H2O4/c1-19(2)15-7-9-21(19,5)17(24)13(15)11-23-12-14-16-8-10-22(6,18(14)25)20(16,3)4;3-1(4)2(5)6/h13-16,23H,7-12H2,1-6H3;(H,3,4)(H,5,6). The first-order valence-electron chi connectivity index (χ1n) is 11.4. The highest BCUT2D eigenvalue weighted by molar-refractivity contribution is 6.27. The van der Waals surface area contributed by atoms with Gasteiger partial charge < -0.3 is 15.5 Å². The van der Waals surface area contributed by atoms with Crippen molar-refractivity contribution >= 4 is 23.5 Å². The van der Waals surface area contributed by atoms with Gasteiger partial charge in [-0.25, -0.2) is 9.59 Å². The average molecular weight is 436 g/mol. The Balaban J connectivity index is 0.000000401. The lowest BCUT2D eigenvalue weighted by Crippen LogP contribution is -2.40. The SMILES string of the molecule is CC12CCC(C(CNCC3C(=O)C4(C)CCC3C4(C)C)C1=O)C2(C)C.O=C(O)C(=O)O. The van der Waals surface area contributed by atoms with Crippen molar-refractivity contribution in [1.82, 2.24) is 5.32 Å². The van der Waals surface area contributed by atoms with Crippen molar-refractivity contribution in [2.75, 3.05) is 13.1 Å². The van der Waals surface area contributed by atoms with E-state index in [-0.39, 0.29) is 33.5 Å². The molecule has 4 fully saturated rings. The molecule has 0 aromatic heterocycles. The molecule has 0 amide bonds. The molecule has 4 aliphatic rings. The molecule has 0 aromatic rings. The van der Waals surface area contributed by atoms with Gasteiger partial charge in [-0.05, 0) is 48.3 Å². The van der Waals surface area contributed by atoms with E-state index in [1.807, 2.05) is 0 Å². The fourth-order valence-corrected chi connectivity index (χ4v) is 7.41. The molecule has 4 aliphatic carbocycles. The second kappa shape index (κ2) is 7.39. The van der Waals surface area contributed by atoms with Crippen LogP contribution in [0, 0.1) is 45.3 Å². The average Bonchev–Trinajstić information content (AvgIpc) is 3.15. The molecule has 31 heavy (non-hydrogen) atoms. The molecule has 0 aromatic carbocycles. The lowest BCUT2D eigenvalue weighted by molar-refractivity contribution is -0.159. The maximum Gasteiger partial charge on any atom is 0.414 e. The molecule has 0 heterocycles. The number of rotatable bonds is 4. The monoisotopic (exact) mass is 435 g/mol. The van der Waals surface area contributed by atoms with E-state index in [1.54, 1.807) is 0 Å². The Bertz CT molecular complexity index is 751. The van der Waals surface area contributed by atoms with Gasteiger partial charge in [0.2, 0.25) is 0 Å². The maximum absolute atomic E-state index is 13.0. The van der Waals surface area contributed by atoms with E-state index >= 15 is 0 Å². The Morgan fingerprint density at radius 3 is 1.32 bits per heavy atom. The lowest BCUT2D eigenvalue weighted by Gasteiger charge is -2.32. The van der Waals surface area contributed by atoms with Crippen LogP contribution in [-0.4, -0.2) is 46.8 Å². The molecule has 4 bridgehead atoms. The summed E-state index contributed by atoms with van der Waals surface area (Å²) < 4.78 is 0. The molecule has 7 heteroatoms. The first-order valence-corrected chi connectivity index (χ1v) is 11.4. The van der Waals surface area contributed by atoms with E-state index in [1.165, 1.54) is 12.8 Å². The predicted molar refractivity (Wildman–Crippen MR) is 114 cm³/mol. The number of carboxylic acids is 2. The Hall–Kier alpha value is -1.76. The number of hydrogen-bond donors (Lipinski definition) is 3. The number of Topliss-reactive ketones (excluding diaryl/α,β-unsaturated/α-hetero) is 2. The summed E-state index contributed by atoms with van der Waals surface area (Å²) >= 11 is 0. The van der Waals surface area contributed by atoms with Crippen molar-refractivity contribution in [2.45, 2.75) is 67.2 Å². The van der Waals surface area contributed by atoms with Crippen LogP contribution < -0.4 is 5.32 Å². The fourth-order valence-electron chi connectivity index (χ4n) is 7.41. The highest BCUT2D eigenvalue weighted by atomic mass is 16.4. The van der Waals surface area contributed by atoms with Gasteiger partial charge in [0.25, 0.3) is 0 Å². The predicted octanol–water partition coefficient (Wildman–Crippen LogP) is 3.01. The van der Waals surface area contributed by atoms with Crippen molar-refractivity contribution in [1.29, 1.82) is 0 Å². The molecule has 4 saturated carbocycles. The van der Waals surface area contributed by atoms with Gasteiger partial charge in [0.1, 0.15) is 11.6 Å². The zero-order valence-electron chi connectivity index (χ0n) is 19.6. The van der Waals surface area contributed by atoms with E-state index in [0.717, 1.165) is 25.9 Å². The van der Waals surface area contributed by atoms with Crippen molar-refractivity contribution in [3.8, 4) is 0 Å². The van der Waals surface area contributed by atoms with Crippen LogP contribution in [0.15, 0.2) is 0 Å². The van der Waals surface area contributed by atoms with Crippen molar-refractivity contribution in [2.24, 2.45) is 45.3 Å². The third-order valence-corrected chi connectivity index (χ3v) is 10.3. The minimum atomic E-state index is -1.82. The van der Waals surface area contributed by atoms with E-state index in [2.05, 4.69) is 46.9 Å². The van der Waals surface area contributed by atoms with E-state index < -0.39 is 11.9 Å². The number of carbonyl (C=O) groups excluding carboxylic acids is 2. The van der Waals surface area contributed by atoms with Crippen molar-refractivity contribution in [3.63, 3.8) is 0 Å². The number of hydrogen-bond acceptors (Lipinski definition) is 5. The minimum Gasteiger partial charge on any atom is -0.473 e. The van der Waals surface area contributed by atoms with E-state index in [9.17, 15) is 9.59 Å². The topological polar surface area (TPSA) is 121 Å². The van der Waals surface area contributed by atoms with Gasteiger partial charge in [0, 0.05) is 35.8 Å². The van der Waals surface area contributed by atoms with Gasteiger partial charge in [-0.2, -0.15) is 0 Å². The van der Waals surface area contributed by atoms with Gasteiger partial charge in [0.15, 0.2) is 0 Å². The zero-order valence-corrected chi connectivity index (χ0v) is 19.6. The normalized spacial score (nSPS) is 41.2. The molecular weight excluding hydrogens is 398 g/mol. The molecule has 0 radical (unpaired) electrons. The summed E-state index contributed by atoms with van der Waals surface area (Å²) in [4.78, 5) is 44.1. The largest absolute Gasteiger partial charge is 0.473 e. The van der Waals surface area contributed by atoms with Crippen LogP contribution in [-0.2, 0) is 19.2 Å². The summed E-state index contributed by atoms with van der Waals surface area (Å²) in [5.74, 6) is -1.42. The Labute approximate surface area is 184 Å². The van der Waals surface area contributed by atoms with Gasteiger partial charge in [-0.3, -0.25) is 9.59 Å². The van der Waals surface area contributed by atoms with Gasteiger partial charge in [-0.1, -0.05) is 41.5 Å². The van der Waals surface area contributed by atoms with Gasteiger partial charge in [0.05, 0.1) is 0 Å². The third kappa shape index (κ3) is 3.18. The number of carboxylic acid groups (broad SMARTS) is 2. The second-order valence-corrected chi connectivity index (χ2v) is 11.6. The summed E-state index contributed by atoms with van der Waals surface area (Å²) in [6.45, 7) is 15.0. The van der Waals surface area contributed by atoms with Crippen LogP contribution >= 0.6 is 0 Å². The molecule has 0 aliphatic heterocycles. The quantitative estimate of drug-likeness (QED) is 0.580. The number of nitrogens with one attached hydrogen (secondary N) is 1. The summed E-state index contributed by atoms with van der Waals surface area (Å²) in [6, 6.07) is 0. The number of ketones is 2.